The van der Waals surface area contributed by atoms with Crippen molar-refractivity contribution in [3.8, 4) is 0 Å². The number of ether oxygens (including phenoxy) is 1. The van der Waals surface area contributed by atoms with Crippen molar-refractivity contribution in [1.82, 2.24) is 9.47 Å². The van der Waals surface area contributed by atoms with Crippen LogP contribution in [-0.2, 0) is 29.2 Å². The van der Waals surface area contributed by atoms with E-state index in [9.17, 15) is 18.0 Å². The number of para-hydroxylation sites is 1. The van der Waals surface area contributed by atoms with Crippen LogP contribution in [0.4, 0.5) is 13.2 Å². The van der Waals surface area contributed by atoms with E-state index in [4.69, 9.17) is 4.74 Å². The summed E-state index contributed by atoms with van der Waals surface area (Å²) in [4.78, 5) is 14.5. The number of benzene rings is 2. The van der Waals surface area contributed by atoms with E-state index in [0.29, 0.717) is 38.1 Å². The number of nitrogens with zero attached hydrogens (tertiary/aromatic N) is 2. The molecule has 158 valence electrons. The molecule has 1 aliphatic heterocycles. The van der Waals surface area contributed by atoms with Gasteiger partial charge < -0.3 is 14.2 Å². The summed E-state index contributed by atoms with van der Waals surface area (Å²) in [5, 5.41) is 1.15. The molecule has 4 nitrogen and oxygen atoms in total. The van der Waals surface area contributed by atoms with Gasteiger partial charge in [0.05, 0.1) is 18.7 Å². The van der Waals surface area contributed by atoms with Crippen LogP contribution in [0, 0.1) is 0 Å². The minimum atomic E-state index is -4.37. The number of morpholine rings is 1. The molecule has 0 bridgehead atoms. The summed E-state index contributed by atoms with van der Waals surface area (Å²) >= 11 is 0. The van der Waals surface area contributed by atoms with Crippen LogP contribution in [0.5, 0.6) is 0 Å². The van der Waals surface area contributed by atoms with Crippen molar-refractivity contribution in [3.63, 3.8) is 0 Å². The van der Waals surface area contributed by atoms with Gasteiger partial charge in [-0.25, -0.2) is 0 Å². The number of carbonyl (C=O) groups is 1. The molecule has 7 heteroatoms. The molecule has 0 saturated carbocycles. The van der Waals surface area contributed by atoms with Gasteiger partial charge in [-0.15, -0.1) is 0 Å². The molecule has 1 atom stereocenters. The van der Waals surface area contributed by atoms with Crippen LogP contribution in [-0.4, -0.2) is 35.1 Å². The lowest BCUT2D eigenvalue weighted by atomic mass is 10.0. The standard InChI is InChI=1S/C23H23F3N2O2/c1-27-14-17(19-4-2-3-5-20(19)27)8-11-22(29)28-12-13-30-21(15-28)16-6-9-18(10-7-16)23(24,25)26/h2-7,9-10,14,21H,8,11-13,15H2,1H3/t21-/m0/s1. The number of aromatic nitrogens is 1. The summed E-state index contributed by atoms with van der Waals surface area (Å²) in [6.07, 6.45) is -1.70. The molecular weight excluding hydrogens is 393 g/mol. The normalized spacial score (nSPS) is 17.5. The topological polar surface area (TPSA) is 34.5 Å². The van der Waals surface area contributed by atoms with Gasteiger partial charge in [-0.3, -0.25) is 4.79 Å². The van der Waals surface area contributed by atoms with Crippen molar-refractivity contribution < 1.29 is 22.7 Å². The van der Waals surface area contributed by atoms with Crippen molar-refractivity contribution in [2.45, 2.75) is 25.1 Å². The number of rotatable bonds is 4. The molecule has 3 aromatic rings. The summed E-state index contributed by atoms with van der Waals surface area (Å²) in [5.74, 6) is 0.0307. The predicted molar refractivity (Wildman–Crippen MR) is 108 cm³/mol. The van der Waals surface area contributed by atoms with E-state index >= 15 is 0 Å². The number of alkyl halides is 3. The molecule has 30 heavy (non-hydrogen) atoms. The van der Waals surface area contributed by atoms with E-state index in [-0.39, 0.29) is 5.91 Å². The molecule has 1 fully saturated rings. The van der Waals surface area contributed by atoms with Crippen LogP contribution in [0.1, 0.15) is 29.2 Å². The summed E-state index contributed by atoms with van der Waals surface area (Å²) in [6.45, 7) is 1.21. The molecule has 2 aromatic carbocycles. The highest BCUT2D eigenvalue weighted by molar-refractivity contribution is 5.85. The third-order valence-corrected chi connectivity index (χ3v) is 5.62. The molecule has 0 radical (unpaired) electrons. The first-order valence-electron chi connectivity index (χ1n) is 9.92. The van der Waals surface area contributed by atoms with Gasteiger partial charge in [0.25, 0.3) is 0 Å². The summed E-state index contributed by atoms with van der Waals surface area (Å²) in [6, 6.07) is 13.1. The summed E-state index contributed by atoms with van der Waals surface area (Å²) < 4.78 is 46.1. The van der Waals surface area contributed by atoms with Crippen molar-refractivity contribution >= 4 is 16.8 Å². The van der Waals surface area contributed by atoms with Crippen molar-refractivity contribution in [2.75, 3.05) is 19.7 Å². The highest BCUT2D eigenvalue weighted by atomic mass is 19.4. The number of halogens is 3. The number of hydrogen-bond donors (Lipinski definition) is 0. The number of aryl methyl sites for hydroxylation is 2. The third kappa shape index (κ3) is 4.21. The monoisotopic (exact) mass is 416 g/mol. The molecule has 1 saturated heterocycles. The molecule has 0 N–H and O–H groups in total. The Kier molecular flexibility index (Phi) is 5.56. The number of fused-ring (bicyclic) bond motifs is 1. The smallest absolute Gasteiger partial charge is 0.370 e. The molecule has 1 aliphatic rings. The zero-order valence-corrected chi connectivity index (χ0v) is 16.7. The van der Waals surface area contributed by atoms with Crippen LogP contribution >= 0.6 is 0 Å². The van der Waals surface area contributed by atoms with E-state index in [2.05, 4.69) is 22.9 Å². The zero-order chi connectivity index (χ0) is 21.3. The van der Waals surface area contributed by atoms with E-state index in [1.54, 1.807) is 4.90 Å². The molecule has 0 aliphatic carbocycles. The first-order chi connectivity index (χ1) is 14.3. The van der Waals surface area contributed by atoms with Gasteiger partial charge in [0.2, 0.25) is 5.91 Å². The summed E-state index contributed by atoms with van der Waals surface area (Å²) in [5.41, 5.74) is 2.22. The molecule has 4 rings (SSSR count). The maximum Gasteiger partial charge on any atom is 0.416 e. The van der Waals surface area contributed by atoms with Crippen LogP contribution < -0.4 is 0 Å². The maximum atomic E-state index is 12.8. The highest BCUT2D eigenvalue weighted by Gasteiger charge is 2.31. The van der Waals surface area contributed by atoms with Crippen LogP contribution in [0.15, 0.2) is 54.7 Å². The molecule has 1 amide bonds. The Morgan fingerprint density at radius 2 is 1.87 bits per heavy atom. The molecular formula is C23H23F3N2O2. The van der Waals surface area contributed by atoms with Crippen molar-refractivity contribution in [3.05, 3.63) is 71.4 Å². The van der Waals surface area contributed by atoms with Gasteiger partial charge in [0.1, 0.15) is 6.10 Å². The van der Waals surface area contributed by atoms with Crippen molar-refractivity contribution in [1.29, 1.82) is 0 Å². The Balaban J connectivity index is 1.40. The quantitative estimate of drug-likeness (QED) is 0.616. The van der Waals surface area contributed by atoms with Crippen LogP contribution in [0.25, 0.3) is 10.9 Å². The van der Waals surface area contributed by atoms with Gasteiger partial charge in [0.15, 0.2) is 0 Å². The Labute approximate surface area is 172 Å². The Hall–Kier alpha value is -2.80. The second kappa shape index (κ2) is 8.14. The Morgan fingerprint density at radius 3 is 2.60 bits per heavy atom. The predicted octanol–water partition coefficient (Wildman–Crippen LogP) is 4.73. The summed E-state index contributed by atoms with van der Waals surface area (Å²) in [7, 11) is 1.99. The van der Waals surface area contributed by atoms with Gasteiger partial charge in [0, 0.05) is 37.1 Å². The molecule has 2 heterocycles. The van der Waals surface area contributed by atoms with Gasteiger partial charge in [-0.1, -0.05) is 30.3 Å². The minimum Gasteiger partial charge on any atom is -0.370 e. The lowest BCUT2D eigenvalue weighted by Crippen LogP contribution is -2.42. The average molecular weight is 416 g/mol. The first-order valence-corrected chi connectivity index (χ1v) is 9.92. The zero-order valence-electron chi connectivity index (χ0n) is 16.7. The van der Waals surface area contributed by atoms with E-state index in [1.165, 1.54) is 12.1 Å². The lowest BCUT2D eigenvalue weighted by molar-refractivity contribution is -0.139. The number of hydrogen-bond acceptors (Lipinski definition) is 2. The van der Waals surface area contributed by atoms with E-state index in [1.807, 2.05) is 19.2 Å². The second-order valence-electron chi connectivity index (χ2n) is 7.60. The molecule has 0 spiro atoms. The van der Waals surface area contributed by atoms with Crippen LogP contribution in [0.3, 0.4) is 0 Å². The molecule has 0 unspecified atom stereocenters. The van der Waals surface area contributed by atoms with Crippen molar-refractivity contribution in [2.24, 2.45) is 7.05 Å². The first kappa shape index (κ1) is 20.5. The van der Waals surface area contributed by atoms with Crippen LogP contribution in [0.2, 0.25) is 0 Å². The maximum absolute atomic E-state index is 12.8. The minimum absolute atomic E-state index is 0.0307. The fraction of sp³-hybridized carbons (Fsp3) is 0.348. The number of amides is 1. The largest absolute Gasteiger partial charge is 0.416 e. The fourth-order valence-corrected chi connectivity index (χ4v) is 3.99. The number of carbonyl (C=O) groups excluding carboxylic acids is 1. The van der Waals surface area contributed by atoms with Gasteiger partial charge >= 0.3 is 6.18 Å². The fourth-order valence-electron chi connectivity index (χ4n) is 3.99. The van der Waals surface area contributed by atoms with E-state index < -0.39 is 17.8 Å². The second-order valence-corrected chi connectivity index (χ2v) is 7.60. The SMILES string of the molecule is Cn1cc(CCC(=O)N2CCO[C@H](c3ccc(C(F)(F)F)cc3)C2)c2ccccc21. The molecule has 1 aromatic heterocycles. The van der Waals surface area contributed by atoms with Gasteiger partial charge in [-0.05, 0) is 35.7 Å². The third-order valence-electron chi connectivity index (χ3n) is 5.62. The Morgan fingerprint density at radius 1 is 1.13 bits per heavy atom. The van der Waals surface area contributed by atoms with Gasteiger partial charge in [-0.2, -0.15) is 13.2 Å². The van der Waals surface area contributed by atoms with E-state index in [0.717, 1.165) is 28.6 Å². The highest BCUT2D eigenvalue weighted by Crippen LogP contribution is 2.31. The average Bonchev–Trinajstić information content (AvgIpc) is 3.07. The Bertz CT molecular complexity index is 1040. The lowest BCUT2D eigenvalue weighted by Gasteiger charge is -2.33.